The second-order valence-electron chi connectivity index (χ2n) is 3.58. The molecule has 2 N–H and O–H groups in total. The maximum atomic E-state index is 13.3. The summed E-state index contributed by atoms with van der Waals surface area (Å²) in [5.74, 6) is 0.437. The van der Waals surface area contributed by atoms with E-state index in [1.54, 1.807) is 14.2 Å². The highest BCUT2D eigenvalue weighted by atomic mass is 19.1. The largest absolute Gasteiger partial charge is 0.384 e. The van der Waals surface area contributed by atoms with E-state index in [2.05, 4.69) is 20.6 Å². The molecule has 5 nitrogen and oxygen atoms in total. The Morgan fingerprint density at radius 3 is 2.94 bits per heavy atom. The van der Waals surface area contributed by atoms with Crippen LogP contribution in [-0.4, -0.2) is 37.3 Å². The van der Waals surface area contributed by atoms with Gasteiger partial charge in [0.25, 0.3) is 0 Å². The maximum Gasteiger partial charge on any atom is 0.224 e. The molecule has 1 heterocycles. The van der Waals surface area contributed by atoms with Gasteiger partial charge in [0.1, 0.15) is 0 Å². The minimum atomic E-state index is -0.455. The van der Waals surface area contributed by atoms with Crippen molar-refractivity contribution in [1.29, 1.82) is 0 Å². The van der Waals surface area contributed by atoms with Crippen molar-refractivity contribution in [3.8, 4) is 0 Å². The Morgan fingerprint density at radius 1 is 1.56 bits per heavy atom. The summed E-state index contributed by atoms with van der Waals surface area (Å²) in [5.41, 5.74) is 0. The van der Waals surface area contributed by atoms with E-state index < -0.39 is 5.82 Å². The molecule has 1 atom stereocenters. The van der Waals surface area contributed by atoms with Gasteiger partial charge in [0, 0.05) is 20.7 Å². The molecule has 0 saturated carbocycles. The number of ether oxygens (including phenoxy) is 1. The van der Waals surface area contributed by atoms with Crippen LogP contribution in [0, 0.1) is 11.7 Å². The molecule has 0 amide bonds. The van der Waals surface area contributed by atoms with E-state index in [4.69, 9.17) is 4.74 Å². The molecule has 1 aromatic rings. The van der Waals surface area contributed by atoms with Crippen LogP contribution in [0.3, 0.4) is 0 Å². The lowest BCUT2D eigenvalue weighted by Gasteiger charge is -2.12. The first-order valence-corrected chi connectivity index (χ1v) is 5.10. The van der Waals surface area contributed by atoms with E-state index in [0.717, 1.165) is 6.20 Å². The van der Waals surface area contributed by atoms with E-state index in [1.807, 2.05) is 6.92 Å². The van der Waals surface area contributed by atoms with Crippen molar-refractivity contribution in [3.05, 3.63) is 12.0 Å². The molecule has 1 rings (SSSR count). The normalized spacial score (nSPS) is 12.2. The minimum Gasteiger partial charge on any atom is -0.384 e. The lowest BCUT2D eigenvalue weighted by molar-refractivity contribution is 0.164. The lowest BCUT2D eigenvalue weighted by atomic mass is 10.2. The summed E-state index contributed by atoms with van der Waals surface area (Å²) < 4.78 is 18.3. The number of aromatic nitrogens is 2. The number of anilines is 2. The fraction of sp³-hybridized carbons (Fsp3) is 0.600. The van der Waals surface area contributed by atoms with Crippen LogP contribution in [-0.2, 0) is 4.74 Å². The Balaban J connectivity index is 2.58. The highest BCUT2D eigenvalue weighted by molar-refractivity contribution is 5.40. The third kappa shape index (κ3) is 3.62. The summed E-state index contributed by atoms with van der Waals surface area (Å²) in [5, 5.41) is 5.68. The van der Waals surface area contributed by atoms with Crippen LogP contribution in [0.2, 0.25) is 0 Å². The summed E-state index contributed by atoms with van der Waals surface area (Å²) in [6.45, 7) is 3.23. The van der Waals surface area contributed by atoms with Crippen LogP contribution in [0.25, 0.3) is 0 Å². The summed E-state index contributed by atoms with van der Waals surface area (Å²) in [6, 6.07) is 0. The van der Waals surface area contributed by atoms with Crippen LogP contribution in [0.4, 0.5) is 16.2 Å². The first kappa shape index (κ1) is 12.6. The van der Waals surface area contributed by atoms with Gasteiger partial charge in [0.05, 0.1) is 12.8 Å². The van der Waals surface area contributed by atoms with E-state index in [-0.39, 0.29) is 11.7 Å². The molecule has 0 fully saturated rings. The molecule has 0 radical (unpaired) electrons. The average Bonchev–Trinajstić information content (AvgIpc) is 2.28. The zero-order valence-electron chi connectivity index (χ0n) is 9.75. The van der Waals surface area contributed by atoms with Gasteiger partial charge in [-0.05, 0) is 5.92 Å². The highest BCUT2D eigenvalue weighted by Crippen LogP contribution is 2.12. The molecule has 0 spiro atoms. The monoisotopic (exact) mass is 228 g/mol. The first-order valence-electron chi connectivity index (χ1n) is 5.10. The first-order chi connectivity index (χ1) is 7.67. The molecular formula is C10H17FN4O. The Hall–Kier alpha value is -1.43. The molecule has 0 aromatic carbocycles. The van der Waals surface area contributed by atoms with Crippen LogP contribution in [0.1, 0.15) is 6.92 Å². The third-order valence-electron chi connectivity index (χ3n) is 2.04. The Morgan fingerprint density at radius 2 is 2.31 bits per heavy atom. The van der Waals surface area contributed by atoms with Crippen molar-refractivity contribution >= 4 is 11.8 Å². The minimum absolute atomic E-state index is 0.210. The van der Waals surface area contributed by atoms with Crippen LogP contribution in [0.15, 0.2) is 6.20 Å². The quantitative estimate of drug-likeness (QED) is 0.769. The second-order valence-corrected chi connectivity index (χ2v) is 3.58. The maximum absolute atomic E-state index is 13.3. The molecule has 1 unspecified atom stereocenters. The summed E-state index contributed by atoms with van der Waals surface area (Å²) in [4.78, 5) is 7.73. The summed E-state index contributed by atoms with van der Waals surface area (Å²) >= 11 is 0. The fourth-order valence-corrected chi connectivity index (χ4v) is 1.23. The molecule has 0 aliphatic carbocycles. The van der Waals surface area contributed by atoms with Gasteiger partial charge in [-0.15, -0.1) is 0 Å². The van der Waals surface area contributed by atoms with E-state index in [0.29, 0.717) is 19.1 Å². The number of halogens is 1. The molecule has 6 heteroatoms. The van der Waals surface area contributed by atoms with Gasteiger partial charge in [0.15, 0.2) is 11.6 Å². The predicted octanol–water partition coefficient (Wildman–Crippen LogP) is 1.35. The van der Waals surface area contributed by atoms with Gasteiger partial charge in [0.2, 0.25) is 5.95 Å². The van der Waals surface area contributed by atoms with E-state index in [1.165, 1.54) is 0 Å². The number of methoxy groups -OCH3 is 1. The van der Waals surface area contributed by atoms with Crippen molar-refractivity contribution in [2.24, 2.45) is 5.92 Å². The van der Waals surface area contributed by atoms with E-state index >= 15 is 0 Å². The third-order valence-corrected chi connectivity index (χ3v) is 2.04. The summed E-state index contributed by atoms with van der Waals surface area (Å²) in [7, 11) is 3.32. The lowest BCUT2D eigenvalue weighted by Crippen LogP contribution is -2.17. The average molecular weight is 228 g/mol. The van der Waals surface area contributed by atoms with Gasteiger partial charge in [-0.1, -0.05) is 6.92 Å². The number of nitrogens with one attached hydrogen (secondary N) is 2. The van der Waals surface area contributed by atoms with Crippen molar-refractivity contribution < 1.29 is 9.13 Å². The van der Waals surface area contributed by atoms with Crippen molar-refractivity contribution in [2.75, 3.05) is 37.9 Å². The van der Waals surface area contributed by atoms with Gasteiger partial charge >= 0.3 is 0 Å². The molecular weight excluding hydrogens is 211 g/mol. The van der Waals surface area contributed by atoms with Gasteiger partial charge in [-0.3, -0.25) is 0 Å². The van der Waals surface area contributed by atoms with Crippen molar-refractivity contribution in [1.82, 2.24) is 9.97 Å². The highest BCUT2D eigenvalue weighted by Gasteiger charge is 2.07. The number of rotatable bonds is 6. The van der Waals surface area contributed by atoms with Crippen LogP contribution >= 0.6 is 0 Å². The number of hydrogen-bond donors (Lipinski definition) is 2. The van der Waals surface area contributed by atoms with Gasteiger partial charge in [-0.25, -0.2) is 9.37 Å². The number of hydrogen-bond acceptors (Lipinski definition) is 5. The molecule has 0 aliphatic heterocycles. The zero-order chi connectivity index (χ0) is 12.0. The topological polar surface area (TPSA) is 59.1 Å². The molecule has 0 bridgehead atoms. The summed E-state index contributed by atoms with van der Waals surface area (Å²) in [6.07, 6.45) is 1.14. The van der Waals surface area contributed by atoms with Crippen LogP contribution < -0.4 is 10.6 Å². The van der Waals surface area contributed by atoms with Crippen molar-refractivity contribution in [2.45, 2.75) is 6.92 Å². The molecule has 0 aliphatic rings. The van der Waals surface area contributed by atoms with Crippen molar-refractivity contribution in [3.63, 3.8) is 0 Å². The standard InChI is InChI=1S/C10H17FN4O/c1-7(6-16-3)4-13-9-8(11)5-14-10(12-2)15-9/h5,7H,4,6H2,1-3H3,(H2,12,13,14,15). The molecule has 0 saturated heterocycles. The Kier molecular flexibility index (Phi) is 4.91. The Bertz CT molecular complexity index is 335. The zero-order valence-corrected chi connectivity index (χ0v) is 9.75. The Labute approximate surface area is 94.4 Å². The second kappa shape index (κ2) is 6.22. The molecule has 16 heavy (non-hydrogen) atoms. The number of nitrogens with zero attached hydrogens (tertiary/aromatic N) is 2. The van der Waals surface area contributed by atoms with Gasteiger partial charge < -0.3 is 15.4 Å². The van der Waals surface area contributed by atoms with Gasteiger partial charge in [-0.2, -0.15) is 4.98 Å². The molecule has 1 aromatic heterocycles. The SMILES string of the molecule is CNc1ncc(F)c(NCC(C)COC)n1. The van der Waals surface area contributed by atoms with Crippen LogP contribution in [0.5, 0.6) is 0 Å². The van der Waals surface area contributed by atoms with E-state index in [9.17, 15) is 4.39 Å². The molecule has 90 valence electrons. The predicted molar refractivity (Wildman–Crippen MR) is 61.1 cm³/mol. The smallest absolute Gasteiger partial charge is 0.224 e. The fourth-order valence-electron chi connectivity index (χ4n) is 1.23.